The Balaban J connectivity index is 1.60. The quantitative estimate of drug-likeness (QED) is 0.302. The number of aryl methyl sites for hydroxylation is 3. The second-order valence-electron chi connectivity index (χ2n) is 8.37. The fraction of sp³-hybridized carbons (Fsp3) is 0.172. The molecule has 0 N–H and O–H groups in total. The summed E-state index contributed by atoms with van der Waals surface area (Å²) in [6.07, 6.45) is 2.10. The summed E-state index contributed by atoms with van der Waals surface area (Å²) in [5, 5.41) is 0. The maximum Gasteiger partial charge on any atom is 0.0464 e. The third-order valence-corrected chi connectivity index (χ3v) is 6.18. The van der Waals surface area contributed by atoms with Crippen molar-refractivity contribution in [3.63, 3.8) is 0 Å². The van der Waals surface area contributed by atoms with E-state index in [1.165, 1.54) is 56.0 Å². The number of hydrogen-bond donors (Lipinski definition) is 0. The van der Waals surface area contributed by atoms with Gasteiger partial charge in [0.15, 0.2) is 0 Å². The average molecular weight is 390 g/mol. The Bertz CT molecular complexity index is 1150. The van der Waals surface area contributed by atoms with Crippen LogP contribution in [0.25, 0.3) is 11.1 Å². The van der Waals surface area contributed by atoms with Crippen LogP contribution in [0.1, 0.15) is 34.7 Å². The summed E-state index contributed by atoms with van der Waals surface area (Å²) < 4.78 is 0. The molecule has 0 spiro atoms. The monoisotopic (exact) mass is 389 g/mol. The predicted octanol–water partition coefficient (Wildman–Crippen LogP) is 7.91. The lowest BCUT2D eigenvalue weighted by atomic mass is 10.0. The molecule has 0 fully saturated rings. The van der Waals surface area contributed by atoms with Crippen LogP contribution in [0.3, 0.4) is 0 Å². The minimum Gasteiger partial charge on any atom is -0.310 e. The number of nitrogens with zero attached hydrogens (tertiary/aromatic N) is 1. The normalized spacial score (nSPS) is 11.8. The van der Waals surface area contributed by atoms with Gasteiger partial charge in [-0.2, -0.15) is 0 Å². The average Bonchev–Trinajstić information content (AvgIpc) is 3.13. The first kappa shape index (κ1) is 18.7. The van der Waals surface area contributed by atoms with Crippen LogP contribution in [-0.2, 0) is 12.8 Å². The van der Waals surface area contributed by atoms with Crippen molar-refractivity contribution in [1.29, 1.82) is 0 Å². The Labute approximate surface area is 179 Å². The van der Waals surface area contributed by atoms with Gasteiger partial charge in [-0.05, 0) is 90.9 Å². The molecule has 4 aromatic carbocycles. The van der Waals surface area contributed by atoms with E-state index in [9.17, 15) is 0 Å². The summed E-state index contributed by atoms with van der Waals surface area (Å²) >= 11 is 0. The van der Waals surface area contributed by atoms with E-state index in [4.69, 9.17) is 0 Å². The second kappa shape index (κ2) is 7.50. The van der Waals surface area contributed by atoms with E-state index in [1.54, 1.807) is 0 Å². The zero-order valence-corrected chi connectivity index (χ0v) is 17.9. The molecule has 30 heavy (non-hydrogen) atoms. The van der Waals surface area contributed by atoms with Gasteiger partial charge in [-0.15, -0.1) is 0 Å². The first-order valence-corrected chi connectivity index (χ1v) is 10.8. The van der Waals surface area contributed by atoms with Crippen molar-refractivity contribution >= 4 is 17.1 Å². The van der Waals surface area contributed by atoms with E-state index in [1.807, 2.05) is 0 Å². The van der Waals surface area contributed by atoms with Crippen LogP contribution < -0.4 is 4.90 Å². The topological polar surface area (TPSA) is 3.24 Å². The fourth-order valence-corrected chi connectivity index (χ4v) is 4.44. The molecule has 1 aliphatic carbocycles. The van der Waals surface area contributed by atoms with Gasteiger partial charge >= 0.3 is 0 Å². The van der Waals surface area contributed by atoms with Gasteiger partial charge in [0.2, 0.25) is 0 Å². The lowest BCUT2D eigenvalue weighted by molar-refractivity contribution is 1.12. The number of anilines is 3. The molecule has 0 aliphatic heterocycles. The zero-order chi connectivity index (χ0) is 20.7. The summed E-state index contributed by atoms with van der Waals surface area (Å²) in [5.41, 5.74) is 13.2. The van der Waals surface area contributed by atoms with Gasteiger partial charge in [-0.1, -0.05) is 66.6 Å². The SMILES string of the molecule is CCc1ccc2c(c1)Cc1cc(N(c3ccc(C)cc3)c3ccc(C)cc3)ccc1-2. The van der Waals surface area contributed by atoms with Crippen molar-refractivity contribution in [3.05, 3.63) is 113 Å². The molecule has 1 heteroatoms. The Morgan fingerprint density at radius 1 is 0.600 bits per heavy atom. The van der Waals surface area contributed by atoms with E-state index in [0.29, 0.717) is 0 Å². The van der Waals surface area contributed by atoms with Crippen molar-refractivity contribution in [2.75, 3.05) is 4.90 Å². The molecule has 0 radical (unpaired) electrons. The first-order valence-electron chi connectivity index (χ1n) is 10.8. The van der Waals surface area contributed by atoms with Gasteiger partial charge in [-0.25, -0.2) is 0 Å². The fourth-order valence-electron chi connectivity index (χ4n) is 4.44. The number of rotatable bonds is 4. The highest BCUT2D eigenvalue weighted by Gasteiger charge is 2.21. The van der Waals surface area contributed by atoms with Crippen LogP contribution in [-0.4, -0.2) is 0 Å². The molecule has 0 saturated heterocycles. The summed E-state index contributed by atoms with van der Waals surface area (Å²) in [4.78, 5) is 2.36. The van der Waals surface area contributed by atoms with Crippen LogP contribution >= 0.6 is 0 Å². The second-order valence-corrected chi connectivity index (χ2v) is 8.37. The Kier molecular flexibility index (Phi) is 4.67. The molecule has 0 atom stereocenters. The Morgan fingerprint density at radius 2 is 1.10 bits per heavy atom. The lowest BCUT2D eigenvalue weighted by Gasteiger charge is -2.26. The maximum absolute atomic E-state index is 2.38. The molecule has 5 rings (SSSR count). The molecule has 0 bridgehead atoms. The van der Waals surface area contributed by atoms with Crippen molar-refractivity contribution in [1.82, 2.24) is 0 Å². The van der Waals surface area contributed by atoms with Crippen LogP contribution in [0.4, 0.5) is 17.1 Å². The molecular formula is C29H27N. The van der Waals surface area contributed by atoms with Crippen molar-refractivity contribution in [2.24, 2.45) is 0 Å². The van der Waals surface area contributed by atoms with E-state index < -0.39 is 0 Å². The lowest BCUT2D eigenvalue weighted by Crippen LogP contribution is -2.10. The van der Waals surface area contributed by atoms with Crippen LogP contribution in [0.2, 0.25) is 0 Å². The Morgan fingerprint density at radius 3 is 1.67 bits per heavy atom. The summed E-state index contributed by atoms with van der Waals surface area (Å²) in [5.74, 6) is 0. The van der Waals surface area contributed by atoms with Gasteiger partial charge in [0.25, 0.3) is 0 Å². The number of hydrogen-bond acceptors (Lipinski definition) is 1. The molecule has 0 amide bonds. The molecule has 0 heterocycles. The minimum absolute atomic E-state index is 1.02. The summed E-state index contributed by atoms with van der Waals surface area (Å²) in [7, 11) is 0. The number of benzene rings is 4. The largest absolute Gasteiger partial charge is 0.310 e. The third kappa shape index (κ3) is 3.31. The third-order valence-electron chi connectivity index (χ3n) is 6.18. The molecule has 1 nitrogen and oxygen atoms in total. The summed E-state index contributed by atoms with van der Waals surface area (Å²) in [6.45, 7) is 6.50. The first-order chi connectivity index (χ1) is 14.6. The summed E-state index contributed by atoms with van der Waals surface area (Å²) in [6, 6.07) is 31.5. The van der Waals surface area contributed by atoms with Gasteiger partial charge in [-0.3, -0.25) is 0 Å². The highest BCUT2D eigenvalue weighted by Crippen LogP contribution is 2.42. The van der Waals surface area contributed by atoms with Crippen LogP contribution in [0.15, 0.2) is 84.9 Å². The standard InChI is InChI=1S/C29H27N/c1-4-22-9-15-28-23(17-22)18-24-19-27(14-16-29(24)28)30(25-10-5-20(2)6-11-25)26-12-7-21(3)8-13-26/h5-17,19H,4,18H2,1-3H3. The minimum atomic E-state index is 1.02. The van der Waals surface area contributed by atoms with Gasteiger partial charge in [0.1, 0.15) is 0 Å². The van der Waals surface area contributed by atoms with E-state index >= 15 is 0 Å². The van der Waals surface area contributed by atoms with Crippen molar-refractivity contribution in [3.8, 4) is 11.1 Å². The molecule has 0 saturated carbocycles. The van der Waals surface area contributed by atoms with Crippen molar-refractivity contribution in [2.45, 2.75) is 33.6 Å². The highest BCUT2D eigenvalue weighted by atomic mass is 15.1. The Hall–Kier alpha value is -3.32. The predicted molar refractivity (Wildman–Crippen MR) is 128 cm³/mol. The maximum atomic E-state index is 2.38. The van der Waals surface area contributed by atoms with Crippen LogP contribution in [0, 0.1) is 13.8 Å². The van der Waals surface area contributed by atoms with E-state index in [0.717, 1.165) is 12.8 Å². The van der Waals surface area contributed by atoms with Crippen LogP contribution in [0.5, 0.6) is 0 Å². The molecule has 148 valence electrons. The highest BCUT2D eigenvalue weighted by molar-refractivity contribution is 5.83. The van der Waals surface area contributed by atoms with Gasteiger partial charge < -0.3 is 4.90 Å². The smallest absolute Gasteiger partial charge is 0.0464 e. The molecule has 1 aliphatic rings. The van der Waals surface area contributed by atoms with Gasteiger partial charge in [0, 0.05) is 17.1 Å². The molecule has 0 aromatic heterocycles. The van der Waals surface area contributed by atoms with E-state index in [-0.39, 0.29) is 0 Å². The zero-order valence-electron chi connectivity index (χ0n) is 17.9. The number of fused-ring (bicyclic) bond motifs is 3. The molecule has 4 aromatic rings. The van der Waals surface area contributed by atoms with Crippen molar-refractivity contribution < 1.29 is 0 Å². The molecular weight excluding hydrogens is 362 g/mol. The van der Waals surface area contributed by atoms with E-state index in [2.05, 4.69) is 111 Å². The molecule has 0 unspecified atom stereocenters. The van der Waals surface area contributed by atoms with Gasteiger partial charge in [0.05, 0.1) is 0 Å².